The molecule has 1 fully saturated rings. The summed E-state index contributed by atoms with van der Waals surface area (Å²) in [4.78, 5) is 0. The SMILES string of the molecule is C.CC(C)C.CCC.CCC(C)C.[CH-]1CCCCC1.[Y].c1ccccc1. The van der Waals surface area contributed by atoms with E-state index in [1.807, 2.05) is 36.4 Å². The normalized spacial score (nSPS) is 11.3. The molecule has 0 aliphatic heterocycles. The molecular formula is C25H51Y-. The average Bonchev–Trinajstić information content (AvgIpc) is 2.59. The first-order chi connectivity index (χ1) is 11.4. The Morgan fingerprint density at radius 1 is 0.692 bits per heavy atom. The van der Waals surface area contributed by atoms with Gasteiger partial charge in [-0.05, 0) is 11.8 Å². The summed E-state index contributed by atoms with van der Waals surface area (Å²) in [5.41, 5.74) is 0. The van der Waals surface area contributed by atoms with Gasteiger partial charge in [-0.15, -0.1) is 0 Å². The topological polar surface area (TPSA) is 0 Å². The van der Waals surface area contributed by atoms with Crippen LogP contribution in [0.15, 0.2) is 36.4 Å². The van der Waals surface area contributed by atoms with Crippen LogP contribution in [0.3, 0.4) is 0 Å². The maximum Gasteiger partial charge on any atom is 0 e. The first kappa shape index (κ1) is 37.1. The molecule has 0 unspecified atom stereocenters. The van der Waals surface area contributed by atoms with Crippen molar-refractivity contribution in [3.8, 4) is 0 Å². The van der Waals surface area contributed by atoms with Crippen molar-refractivity contribution in [2.45, 2.75) is 108 Å². The van der Waals surface area contributed by atoms with Crippen LogP contribution in [-0.2, 0) is 32.7 Å². The second kappa shape index (κ2) is 36.3. The van der Waals surface area contributed by atoms with Crippen molar-refractivity contribution in [2.24, 2.45) is 11.8 Å². The van der Waals surface area contributed by atoms with Crippen molar-refractivity contribution in [1.82, 2.24) is 0 Å². The summed E-state index contributed by atoms with van der Waals surface area (Å²) < 4.78 is 0. The van der Waals surface area contributed by atoms with Crippen LogP contribution < -0.4 is 0 Å². The zero-order valence-corrected chi connectivity index (χ0v) is 21.6. The molecule has 1 radical (unpaired) electrons. The van der Waals surface area contributed by atoms with Crippen LogP contribution in [0.5, 0.6) is 0 Å². The third-order valence-electron chi connectivity index (χ3n) is 2.80. The summed E-state index contributed by atoms with van der Waals surface area (Å²) in [5, 5.41) is 0. The summed E-state index contributed by atoms with van der Waals surface area (Å²) in [6.45, 7) is 17.4. The van der Waals surface area contributed by atoms with Crippen molar-refractivity contribution >= 4 is 0 Å². The van der Waals surface area contributed by atoms with Gasteiger partial charge >= 0.3 is 0 Å². The van der Waals surface area contributed by atoms with Gasteiger partial charge in [0.2, 0.25) is 0 Å². The van der Waals surface area contributed by atoms with Gasteiger partial charge in [-0.3, -0.25) is 0 Å². The van der Waals surface area contributed by atoms with Gasteiger partial charge in [0.15, 0.2) is 0 Å². The van der Waals surface area contributed by atoms with E-state index in [2.05, 4.69) is 61.8 Å². The third kappa shape index (κ3) is 64.5. The van der Waals surface area contributed by atoms with Crippen molar-refractivity contribution in [1.29, 1.82) is 0 Å². The standard InChI is InChI=1S/C6H11.C6H6.C5H12.C4H10.C3H8.CH4.Y/c2*1-2-4-6-5-3-1;1-4-5(2)3;1-4(2)3;1-3-2;;/h1H,2-6H2;1-6H;5H,4H2,1-3H3;4H,1-3H3;3H2,1-2H3;1H4;/q-1;;;;;;. The van der Waals surface area contributed by atoms with Crippen molar-refractivity contribution < 1.29 is 32.7 Å². The number of benzene rings is 1. The Morgan fingerprint density at radius 2 is 0.923 bits per heavy atom. The molecule has 1 aliphatic rings. The molecular weight excluding hydrogens is 389 g/mol. The van der Waals surface area contributed by atoms with Crippen LogP contribution in [0, 0.1) is 18.3 Å². The molecule has 1 aromatic rings. The third-order valence-corrected chi connectivity index (χ3v) is 2.80. The Labute approximate surface area is 194 Å². The summed E-state index contributed by atoms with van der Waals surface area (Å²) >= 11 is 0. The molecule has 0 amide bonds. The van der Waals surface area contributed by atoms with Gasteiger partial charge in [0, 0.05) is 32.7 Å². The Bertz CT molecular complexity index is 222. The first-order valence-corrected chi connectivity index (χ1v) is 10.2. The van der Waals surface area contributed by atoms with E-state index in [9.17, 15) is 0 Å². The Kier molecular flexibility index (Phi) is 51.8. The first-order valence-electron chi connectivity index (χ1n) is 10.2. The van der Waals surface area contributed by atoms with E-state index in [0.29, 0.717) is 0 Å². The van der Waals surface area contributed by atoms with Gasteiger partial charge in [0.1, 0.15) is 0 Å². The predicted octanol–water partition coefficient (Wildman–Crippen LogP) is 9.61. The molecule has 0 N–H and O–H groups in total. The van der Waals surface area contributed by atoms with Gasteiger partial charge in [0.05, 0.1) is 0 Å². The van der Waals surface area contributed by atoms with Gasteiger partial charge in [0.25, 0.3) is 0 Å². The van der Waals surface area contributed by atoms with E-state index in [0.717, 1.165) is 11.8 Å². The van der Waals surface area contributed by atoms with Crippen molar-refractivity contribution in [2.75, 3.05) is 0 Å². The zero-order valence-electron chi connectivity index (χ0n) is 18.7. The fourth-order valence-electron chi connectivity index (χ4n) is 1.28. The summed E-state index contributed by atoms with van der Waals surface area (Å²) in [5.74, 6) is 1.72. The van der Waals surface area contributed by atoms with Gasteiger partial charge in [-0.1, -0.05) is 131 Å². The second-order valence-corrected chi connectivity index (χ2v) is 7.32. The molecule has 2 rings (SSSR count). The maximum absolute atomic E-state index is 2.39. The van der Waals surface area contributed by atoms with Gasteiger partial charge in [-0.25, -0.2) is 0 Å². The fraction of sp³-hybridized carbons (Fsp3) is 0.720. The molecule has 0 heterocycles. The van der Waals surface area contributed by atoms with Crippen LogP contribution >= 0.6 is 0 Å². The summed E-state index contributed by atoms with van der Waals surface area (Å²) in [6, 6.07) is 12.0. The average molecular weight is 441 g/mol. The number of hydrogen-bond donors (Lipinski definition) is 0. The second-order valence-electron chi connectivity index (χ2n) is 7.32. The minimum Gasteiger partial charge on any atom is -0.328 e. The van der Waals surface area contributed by atoms with E-state index >= 15 is 0 Å². The summed E-state index contributed by atoms with van der Waals surface area (Å²) in [6.07, 6.45) is 12.1. The molecule has 0 spiro atoms. The molecule has 0 bridgehead atoms. The van der Waals surface area contributed by atoms with E-state index in [1.165, 1.54) is 44.9 Å². The predicted molar refractivity (Wildman–Crippen MR) is 122 cm³/mol. The molecule has 155 valence electrons. The van der Waals surface area contributed by atoms with Crippen LogP contribution in [0.25, 0.3) is 0 Å². The quantitative estimate of drug-likeness (QED) is 0.381. The van der Waals surface area contributed by atoms with Crippen LogP contribution in [0.4, 0.5) is 0 Å². The minimum absolute atomic E-state index is 0. The molecule has 1 heteroatoms. The Balaban J connectivity index is -0.0000000710. The molecule has 0 saturated heterocycles. The Hall–Kier alpha value is 0.324. The van der Waals surface area contributed by atoms with Crippen LogP contribution in [0.1, 0.15) is 108 Å². The van der Waals surface area contributed by atoms with Crippen LogP contribution in [-0.4, -0.2) is 0 Å². The summed E-state index contributed by atoms with van der Waals surface area (Å²) in [7, 11) is 0. The van der Waals surface area contributed by atoms with E-state index < -0.39 is 0 Å². The van der Waals surface area contributed by atoms with Gasteiger partial charge in [-0.2, -0.15) is 12.8 Å². The minimum atomic E-state index is 0. The maximum atomic E-state index is 2.39. The van der Waals surface area contributed by atoms with E-state index in [1.54, 1.807) is 0 Å². The molecule has 1 aliphatic carbocycles. The monoisotopic (exact) mass is 440 g/mol. The number of rotatable bonds is 1. The molecule has 26 heavy (non-hydrogen) atoms. The smallest absolute Gasteiger partial charge is 0 e. The molecule has 1 aromatic carbocycles. The number of hydrogen-bond acceptors (Lipinski definition) is 0. The molecule has 0 atom stereocenters. The van der Waals surface area contributed by atoms with Crippen molar-refractivity contribution in [3.63, 3.8) is 0 Å². The largest absolute Gasteiger partial charge is 0.328 e. The zero-order chi connectivity index (χ0) is 19.1. The molecule has 1 saturated carbocycles. The van der Waals surface area contributed by atoms with E-state index in [4.69, 9.17) is 0 Å². The molecule has 0 nitrogen and oxygen atoms in total. The van der Waals surface area contributed by atoms with Crippen molar-refractivity contribution in [3.05, 3.63) is 42.8 Å². The van der Waals surface area contributed by atoms with Crippen LogP contribution in [0.2, 0.25) is 0 Å². The Morgan fingerprint density at radius 3 is 1.00 bits per heavy atom. The van der Waals surface area contributed by atoms with E-state index in [-0.39, 0.29) is 40.1 Å². The fourth-order valence-corrected chi connectivity index (χ4v) is 1.28. The van der Waals surface area contributed by atoms with Gasteiger partial charge < -0.3 is 6.42 Å². The molecule has 0 aromatic heterocycles.